The van der Waals surface area contributed by atoms with E-state index in [4.69, 9.17) is 11.5 Å². The van der Waals surface area contributed by atoms with Crippen molar-refractivity contribution in [3.63, 3.8) is 0 Å². The first-order valence-corrected chi connectivity index (χ1v) is 10.4. The highest BCUT2D eigenvalue weighted by molar-refractivity contribution is 5.92. The number of carbonyl (C=O) groups is 2. The summed E-state index contributed by atoms with van der Waals surface area (Å²) in [7, 11) is 1.72. The van der Waals surface area contributed by atoms with Crippen molar-refractivity contribution in [2.45, 2.75) is 39.3 Å². The minimum Gasteiger partial charge on any atom is -0.384 e. The molecular formula is C23H31F2N5O2. The second-order valence-electron chi connectivity index (χ2n) is 8.60. The van der Waals surface area contributed by atoms with Crippen molar-refractivity contribution in [2.24, 2.45) is 17.6 Å². The number of likely N-dealkylation sites (N-methyl/N-ethyl adjacent to an activating group) is 1. The van der Waals surface area contributed by atoms with E-state index < -0.39 is 34.9 Å². The number of nitrogens with two attached hydrogens (primary N) is 2. The average molecular weight is 448 g/mol. The topological polar surface area (TPSA) is 114 Å². The van der Waals surface area contributed by atoms with Gasteiger partial charge in [0.2, 0.25) is 11.8 Å². The third kappa shape index (κ3) is 6.00. The number of nitrogens with zero attached hydrogens (tertiary/aromatic N) is 2. The van der Waals surface area contributed by atoms with Crippen LogP contribution in [0.3, 0.4) is 0 Å². The van der Waals surface area contributed by atoms with Gasteiger partial charge in [-0.15, -0.1) is 0 Å². The SMILES string of the molecule is CC(C)CN(C)C(C)(C(N)=O)[C@H](Cc1ccc(F)c(F)c1)C(=O)NCc1ccc(N)nc1. The molecule has 1 unspecified atom stereocenters. The number of primary amides is 1. The van der Waals surface area contributed by atoms with Gasteiger partial charge in [0.25, 0.3) is 0 Å². The van der Waals surface area contributed by atoms with Gasteiger partial charge in [-0.3, -0.25) is 14.5 Å². The standard InChI is InChI=1S/C23H31F2N5O2/c1-14(2)13-30(4)23(3,22(27)32)17(9-15-5-7-18(24)19(25)10-15)21(31)29-12-16-6-8-20(26)28-11-16/h5-8,10-11,14,17H,9,12-13H2,1-4H3,(H2,26,28)(H2,27,32)(H,29,31)/t17-,23?/m1/s1. The normalized spacial score (nSPS) is 14.2. The minimum atomic E-state index is -1.38. The molecule has 174 valence electrons. The molecule has 1 aromatic carbocycles. The monoisotopic (exact) mass is 447 g/mol. The van der Waals surface area contributed by atoms with Crippen LogP contribution < -0.4 is 16.8 Å². The second-order valence-corrected chi connectivity index (χ2v) is 8.60. The van der Waals surface area contributed by atoms with Crippen LogP contribution in [0.25, 0.3) is 0 Å². The molecule has 0 fully saturated rings. The second kappa shape index (κ2) is 10.5. The van der Waals surface area contributed by atoms with Crippen molar-refractivity contribution in [3.05, 3.63) is 59.3 Å². The molecule has 0 saturated heterocycles. The van der Waals surface area contributed by atoms with Crippen molar-refractivity contribution >= 4 is 17.6 Å². The van der Waals surface area contributed by atoms with Gasteiger partial charge in [0, 0.05) is 19.3 Å². The molecule has 0 aliphatic rings. The molecular weight excluding hydrogens is 416 g/mol. The van der Waals surface area contributed by atoms with Gasteiger partial charge in [-0.05, 0) is 55.6 Å². The van der Waals surface area contributed by atoms with Crippen LogP contribution >= 0.6 is 0 Å². The van der Waals surface area contributed by atoms with Gasteiger partial charge < -0.3 is 16.8 Å². The molecule has 2 atom stereocenters. The Morgan fingerprint density at radius 2 is 1.81 bits per heavy atom. The van der Waals surface area contributed by atoms with Crippen LogP contribution in [0.2, 0.25) is 0 Å². The summed E-state index contributed by atoms with van der Waals surface area (Å²) < 4.78 is 27.2. The zero-order valence-corrected chi connectivity index (χ0v) is 18.9. The fourth-order valence-electron chi connectivity index (χ4n) is 3.67. The highest BCUT2D eigenvalue weighted by atomic mass is 19.2. The van der Waals surface area contributed by atoms with Crippen LogP contribution in [0.4, 0.5) is 14.6 Å². The summed E-state index contributed by atoms with van der Waals surface area (Å²) in [6, 6.07) is 6.77. The number of hydrogen-bond donors (Lipinski definition) is 3. The lowest BCUT2D eigenvalue weighted by atomic mass is 9.78. The Morgan fingerprint density at radius 3 is 2.34 bits per heavy atom. The summed E-state index contributed by atoms with van der Waals surface area (Å²) in [5.74, 6) is -3.54. The van der Waals surface area contributed by atoms with Gasteiger partial charge in [0.1, 0.15) is 11.4 Å². The highest BCUT2D eigenvalue weighted by Gasteiger charge is 2.47. The average Bonchev–Trinajstić information content (AvgIpc) is 2.72. The Morgan fingerprint density at radius 1 is 1.16 bits per heavy atom. The lowest BCUT2D eigenvalue weighted by molar-refractivity contribution is -0.141. The van der Waals surface area contributed by atoms with E-state index in [1.165, 1.54) is 12.3 Å². The molecule has 9 heteroatoms. The summed E-state index contributed by atoms with van der Waals surface area (Å²) >= 11 is 0. The van der Waals surface area contributed by atoms with E-state index in [0.717, 1.165) is 17.7 Å². The maximum atomic E-state index is 13.8. The molecule has 0 saturated carbocycles. The summed E-state index contributed by atoms with van der Waals surface area (Å²) in [4.78, 5) is 31.7. The van der Waals surface area contributed by atoms with E-state index in [0.29, 0.717) is 17.9 Å². The predicted molar refractivity (Wildman–Crippen MR) is 119 cm³/mol. The fourth-order valence-corrected chi connectivity index (χ4v) is 3.67. The Labute approximate surface area is 187 Å². The number of amides is 2. The number of benzene rings is 1. The third-order valence-electron chi connectivity index (χ3n) is 5.66. The van der Waals surface area contributed by atoms with Crippen LogP contribution in [-0.4, -0.2) is 40.8 Å². The van der Waals surface area contributed by atoms with Crippen molar-refractivity contribution in [2.75, 3.05) is 19.3 Å². The molecule has 0 aliphatic carbocycles. The molecule has 1 aromatic heterocycles. The van der Waals surface area contributed by atoms with E-state index in [2.05, 4.69) is 10.3 Å². The number of aromatic nitrogens is 1. The third-order valence-corrected chi connectivity index (χ3v) is 5.66. The molecule has 1 heterocycles. The van der Waals surface area contributed by atoms with Gasteiger partial charge in [-0.2, -0.15) is 0 Å². The number of nitrogen functional groups attached to an aromatic ring is 1. The summed E-state index contributed by atoms with van der Waals surface area (Å²) in [5.41, 5.74) is 11.1. The summed E-state index contributed by atoms with van der Waals surface area (Å²) in [5, 5.41) is 2.81. The number of anilines is 1. The first-order valence-electron chi connectivity index (χ1n) is 10.4. The minimum absolute atomic E-state index is 0.00903. The van der Waals surface area contributed by atoms with Gasteiger partial charge >= 0.3 is 0 Å². The molecule has 2 rings (SSSR count). The Kier molecular flexibility index (Phi) is 8.26. The van der Waals surface area contributed by atoms with E-state index >= 15 is 0 Å². The van der Waals surface area contributed by atoms with Gasteiger partial charge in [-0.1, -0.05) is 26.0 Å². The zero-order chi connectivity index (χ0) is 24.1. The Bertz CT molecular complexity index is 952. The van der Waals surface area contributed by atoms with Crippen LogP contribution in [0.15, 0.2) is 36.5 Å². The zero-order valence-electron chi connectivity index (χ0n) is 18.9. The van der Waals surface area contributed by atoms with Crippen LogP contribution in [0.5, 0.6) is 0 Å². The number of nitrogens with one attached hydrogen (secondary N) is 1. The molecule has 2 aromatic rings. The van der Waals surface area contributed by atoms with Crippen LogP contribution in [0, 0.1) is 23.5 Å². The molecule has 7 nitrogen and oxygen atoms in total. The number of rotatable bonds is 10. The fraction of sp³-hybridized carbons (Fsp3) is 0.435. The summed E-state index contributed by atoms with van der Waals surface area (Å²) in [6.45, 7) is 6.23. The lowest BCUT2D eigenvalue weighted by Gasteiger charge is -2.42. The molecule has 0 spiro atoms. The van der Waals surface area contributed by atoms with E-state index in [9.17, 15) is 18.4 Å². The first kappa shape index (κ1) is 25.2. The van der Waals surface area contributed by atoms with E-state index in [1.807, 2.05) is 13.8 Å². The predicted octanol–water partition coefficient (Wildman–Crippen LogP) is 2.25. The molecule has 0 bridgehead atoms. The smallest absolute Gasteiger partial charge is 0.238 e. The highest BCUT2D eigenvalue weighted by Crippen LogP contribution is 2.29. The number of hydrogen-bond acceptors (Lipinski definition) is 5. The molecule has 2 amide bonds. The lowest BCUT2D eigenvalue weighted by Crippen LogP contribution is -2.63. The summed E-state index contributed by atoms with van der Waals surface area (Å²) in [6.07, 6.45) is 1.53. The quantitative estimate of drug-likeness (QED) is 0.517. The maximum absolute atomic E-state index is 13.8. The molecule has 0 aliphatic heterocycles. The van der Waals surface area contributed by atoms with Crippen molar-refractivity contribution in [3.8, 4) is 0 Å². The molecule has 0 radical (unpaired) electrons. The van der Waals surface area contributed by atoms with Crippen LogP contribution in [-0.2, 0) is 22.6 Å². The largest absolute Gasteiger partial charge is 0.384 e. The maximum Gasteiger partial charge on any atom is 0.238 e. The van der Waals surface area contributed by atoms with Crippen molar-refractivity contribution < 1.29 is 18.4 Å². The van der Waals surface area contributed by atoms with Crippen molar-refractivity contribution in [1.82, 2.24) is 15.2 Å². The van der Waals surface area contributed by atoms with Crippen molar-refractivity contribution in [1.29, 1.82) is 0 Å². The molecule has 5 N–H and O–H groups in total. The molecule has 32 heavy (non-hydrogen) atoms. The Hall–Kier alpha value is -3.07. The first-order chi connectivity index (χ1) is 14.9. The van der Waals surface area contributed by atoms with Gasteiger partial charge in [0.15, 0.2) is 11.6 Å². The Balaban J connectivity index is 2.38. The van der Waals surface area contributed by atoms with Gasteiger partial charge in [0.05, 0.1) is 5.92 Å². The number of halogens is 2. The van der Waals surface area contributed by atoms with E-state index in [1.54, 1.807) is 31.0 Å². The van der Waals surface area contributed by atoms with E-state index in [-0.39, 0.29) is 18.9 Å². The van der Waals surface area contributed by atoms with Crippen LogP contribution in [0.1, 0.15) is 31.9 Å². The van der Waals surface area contributed by atoms with Gasteiger partial charge in [-0.25, -0.2) is 13.8 Å². The number of carbonyl (C=O) groups excluding carboxylic acids is 2. The number of pyridine rings is 1.